The van der Waals surface area contributed by atoms with Crippen LogP contribution in [0.15, 0.2) is 72.3 Å². The van der Waals surface area contributed by atoms with Crippen LogP contribution in [-0.2, 0) is 9.59 Å². The highest BCUT2D eigenvalue weighted by Crippen LogP contribution is 2.44. The molecule has 1 aliphatic rings. The van der Waals surface area contributed by atoms with Crippen molar-refractivity contribution >= 4 is 34.7 Å². The summed E-state index contributed by atoms with van der Waals surface area (Å²) in [6.45, 7) is 4.70. The molecule has 0 saturated carbocycles. The van der Waals surface area contributed by atoms with Crippen molar-refractivity contribution in [1.29, 1.82) is 0 Å². The lowest BCUT2D eigenvalue weighted by Gasteiger charge is -2.26. The van der Waals surface area contributed by atoms with Gasteiger partial charge >= 0.3 is 0 Å². The molecule has 0 bridgehead atoms. The van der Waals surface area contributed by atoms with Gasteiger partial charge in [-0.15, -0.1) is 0 Å². The Kier molecular flexibility index (Phi) is 8.04. The maximum Gasteiger partial charge on any atom is 0.300 e. The molecular weight excluding hydrogens is 494 g/mol. The summed E-state index contributed by atoms with van der Waals surface area (Å²) >= 11 is 6.23. The summed E-state index contributed by atoms with van der Waals surface area (Å²) in [6.07, 6.45) is 0.823. The molecule has 192 valence electrons. The lowest BCUT2D eigenvalue weighted by molar-refractivity contribution is -0.132. The molecular formula is C29H28ClNO6. The normalized spacial score (nSPS) is 16.6. The highest BCUT2D eigenvalue weighted by molar-refractivity contribution is 6.51. The van der Waals surface area contributed by atoms with Crippen molar-refractivity contribution in [3.8, 4) is 17.2 Å². The second kappa shape index (κ2) is 11.4. The summed E-state index contributed by atoms with van der Waals surface area (Å²) in [5.74, 6) is -0.414. The van der Waals surface area contributed by atoms with Crippen LogP contribution in [0.1, 0.15) is 37.4 Å². The van der Waals surface area contributed by atoms with Gasteiger partial charge in [-0.1, -0.05) is 36.7 Å². The van der Waals surface area contributed by atoms with Gasteiger partial charge < -0.3 is 19.3 Å². The number of benzene rings is 3. The van der Waals surface area contributed by atoms with E-state index in [2.05, 4.69) is 0 Å². The molecule has 1 aliphatic heterocycles. The van der Waals surface area contributed by atoms with Crippen LogP contribution in [0.2, 0.25) is 5.02 Å². The monoisotopic (exact) mass is 521 g/mol. The van der Waals surface area contributed by atoms with E-state index in [1.165, 1.54) is 12.0 Å². The molecule has 0 aromatic heterocycles. The number of nitrogens with zero attached hydrogens (tertiary/aromatic N) is 1. The first-order valence-corrected chi connectivity index (χ1v) is 12.4. The van der Waals surface area contributed by atoms with Crippen molar-refractivity contribution in [3.05, 3.63) is 88.5 Å². The van der Waals surface area contributed by atoms with Crippen LogP contribution < -0.4 is 19.1 Å². The molecule has 3 aromatic carbocycles. The highest BCUT2D eigenvalue weighted by Gasteiger charge is 2.47. The molecule has 1 atom stereocenters. The topological polar surface area (TPSA) is 85.3 Å². The van der Waals surface area contributed by atoms with E-state index in [1.807, 2.05) is 13.8 Å². The average Bonchev–Trinajstić information content (AvgIpc) is 3.18. The summed E-state index contributed by atoms with van der Waals surface area (Å²) in [6, 6.07) is 17.8. The third-order valence-electron chi connectivity index (χ3n) is 5.93. The Bertz CT molecular complexity index is 1350. The van der Waals surface area contributed by atoms with Crippen molar-refractivity contribution in [2.45, 2.75) is 26.3 Å². The maximum atomic E-state index is 13.5. The summed E-state index contributed by atoms with van der Waals surface area (Å²) in [5.41, 5.74) is 1.31. The minimum absolute atomic E-state index is 0.0529. The standard InChI is InChI=1S/C29H28ClNO6/c1-4-14-37-22-11-7-9-20(17-22)31-26(18-8-6-10-21(15-18)35-3)25(28(33)29(31)34)27(32)19-12-13-23(30)24(16-19)36-5-2/h6-13,15-17,26,32H,4-5,14H2,1-3H3/b27-25+. The van der Waals surface area contributed by atoms with Crippen LogP contribution >= 0.6 is 11.6 Å². The van der Waals surface area contributed by atoms with Gasteiger partial charge in [0, 0.05) is 17.3 Å². The van der Waals surface area contributed by atoms with Crippen LogP contribution in [0, 0.1) is 0 Å². The minimum Gasteiger partial charge on any atom is -0.507 e. The van der Waals surface area contributed by atoms with Gasteiger partial charge in [-0.25, -0.2) is 0 Å². The summed E-state index contributed by atoms with van der Waals surface area (Å²) in [5, 5.41) is 11.8. The molecule has 0 radical (unpaired) electrons. The van der Waals surface area contributed by atoms with Crippen LogP contribution in [0.5, 0.6) is 17.2 Å². The fourth-order valence-corrected chi connectivity index (χ4v) is 4.41. The van der Waals surface area contributed by atoms with Gasteiger partial charge in [0.05, 0.1) is 37.0 Å². The number of carbonyl (C=O) groups excluding carboxylic acids is 2. The number of methoxy groups -OCH3 is 1. The summed E-state index contributed by atoms with van der Waals surface area (Å²) in [4.78, 5) is 28.3. The molecule has 37 heavy (non-hydrogen) atoms. The van der Waals surface area contributed by atoms with Crippen LogP contribution in [0.25, 0.3) is 5.76 Å². The molecule has 0 spiro atoms. The lowest BCUT2D eigenvalue weighted by atomic mass is 9.95. The van der Waals surface area contributed by atoms with Crippen molar-refractivity contribution in [1.82, 2.24) is 0 Å². The second-order valence-corrected chi connectivity index (χ2v) is 8.78. The van der Waals surface area contributed by atoms with Crippen molar-refractivity contribution in [2.24, 2.45) is 0 Å². The molecule has 7 nitrogen and oxygen atoms in total. The number of ketones is 1. The number of anilines is 1. The molecule has 4 rings (SSSR count). The lowest BCUT2D eigenvalue weighted by Crippen LogP contribution is -2.29. The van der Waals surface area contributed by atoms with Gasteiger partial charge in [0.25, 0.3) is 11.7 Å². The largest absolute Gasteiger partial charge is 0.507 e. The number of aliphatic hydroxyl groups is 1. The van der Waals surface area contributed by atoms with Gasteiger partial charge in [0.1, 0.15) is 23.0 Å². The average molecular weight is 522 g/mol. The molecule has 1 saturated heterocycles. The van der Waals surface area contributed by atoms with E-state index >= 15 is 0 Å². The predicted molar refractivity (Wildman–Crippen MR) is 143 cm³/mol. The third-order valence-corrected chi connectivity index (χ3v) is 6.24. The number of halogens is 1. The fraction of sp³-hybridized carbons (Fsp3) is 0.241. The fourth-order valence-electron chi connectivity index (χ4n) is 4.24. The Labute approximate surface area is 220 Å². The molecule has 1 N–H and O–H groups in total. The Balaban J connectivity index is 1.91. The zero-order valence-corrected chi connectivity index (χ0v) is 21.6. The zero-order valence-electron chi connectivity index (χ0n) is 20.9. The number of hydrogen-bond acceptors (Lipinski definition) is 6. The van der Waals surface area contributed by atoms with E-state index in [0.29, 0.717) is 52.3 Å². The van der Waals surface area contributed by atoms with E-state index in [0.717, 1.165) is 6.42 Å². The van der Waals surface area contributed by atoms with E-state index < -0.39 is 17.7 Å². The van der Waals surface area contributed by atoms with Crippen molar-refractivity contribution < 1.29 is 28.9 Å². The molecule has 0 aliphatic carbocycles. The van der Waals surface area contributed by atoms with Crippen molar-refractivity contribution in [3.63, 3.8) is 0 Å². The maximum absolute atomic E-state index is 13.5. The number of ether oxygens (including phenoxy) is 3. The second-order valence-electron chi connectivity index (χ2n) is 8.37. The highest BCUT2D eigenvalue weighted by atomic mass is 35.5. The van der Waals surface area contributed by atoms with Crippen molar-refractivity contribution in [2.75, 3.05) is 25.2 Å². The SMILES string of the molecule is CCCOc1cccc(N2C(=O)C(=O)/C(=C(/O)c3ccc(Cl)c(OCC)c3)C2c2cccc(OC)c2)c1. The summed E-state index contributed by atoms with van der Waals surface area (Å²) in [7, 11) is 1.54. The smallest absolute Gasteiger partial charge is 0.300 e. The number of amides is 1. The summed E-state index contributed by atoms with van der Waals surface area (Å²) < 4.78 is 16.7. The van der Waals surface area contributed by atoms with Crippen LogP contribution in [0.4, 0.5) is 5.69 Å². The zero-order chi connectivity index (χ0) is 26.5. The number of rotatable bonds is 9. The Hall–Kier alpha value is -3.97. The van der Waals surface area contributed by atoms with E-state index in [4.69, 9.17) is 25.8 Å². The molecule has 8 heteroatoms. The van der Waals surface area contributed by atoms with Gasteiger partial charge in [0.2, 0.25) is 0 Å². The van der Waals surface area contributed by atoms with E-state index in [-0.39, 0.29) is 11.3 Å². The minimum atomic E-state index is -0.914. The van der Waals surface area contributed by atoms with Gasteiger partial charge in [-0.3, -0.25) is 14.5 Å². The third kappa shape index (κ3) is 5.27. The van der Waals surface area contributed by atoms with Gasteiger partial charge in [-0.2, -0.15) is 0 Å². The van der Waals surface area contributed by atoms with Gasteiger partial charge in [-0.05, 0) is 61.4 Å². The first-order valence-electron chi connectivity index (χ1n) is 12.0. The molecule has 1 amide bonds. The molecule has 3 aromatic rings. The quantitative estimate of drug-likeness (QED) is 0.206. The Morgan fingerprint density at radius 1 is 0.973 bits per heavy atom. The van der Waals surface area contributed by atoms with E-state index in [1.54, 1.807) is 66.7 Å². The Morgan fingerprint density at radius 2 is 1.73 bits per heavy atom. The molecule has 1 fully saturated rings. The van der Waals surface area contributed by atoms with Crippen LogP contribution in [0.3, 0.4) is 0 Å². The number of Topliss-reactive ketones (excluding diaryl/α,β-unsaturated/α-hetero) is 1. The molecule has 1 heterocycles. The van der Waals surface area contributed by atoms with Crippen LogP contribution in [-0.4, -0.2) is 37.1 Å². The van der Waals surface area contributed by atoms with E-state index in [9.17, 15) is 14.7 Å². The Morgan fingerprint density at radius 3 is 2.46 bits per heavy atom. The van der Waals surface area contributed by atoms with Gasteiger partial charge in [0.15, 0.2) is 0 Å². The predicted octanol–water partition coefficient (Wildman–Crippen LogP) is 6.16. The first kappa shape index (κ1) is 26.1. The number of aliphatic hydroxyl groups excluding tert-OH is 1. The number of hydrogen-bond donors (Lipinski definition) is 1. The molecule has 1 unspecified atom stereocenters. The first-order chi connectivity index (χ1) is 17.9. The number of carbonyl (C=O) groups is 2.